The van der Waals surface area contributed by atoms with Crippen molar-refractivity contribution in [1.29, 1.82) is 0 Å². The van der Waals surface area contributed by atoms with E-state index >= 15 is 0 Å². The summed E-state index contributed by atoms with van der Waals surface area (Å²) in [5.41, 5.74) is 0.442. The van der Waals surface area contributed by atoms with Crippen LogP contribution in [0.1, 0.15) is 10.5 Å². The van der Waals surface area contributed by atoms with Gasteiger partial charge in [-0.1, -0.05) is 24.3 Å². The molecule has 0 aliphatic carbocycles. The summed E-state index contributed by atoms with van der Waals surface area (Å²) in [6.45, 7) is 0.583. The molecule has 0 bridgehead atoms. The van der Waals surface area contributed by atoms with Crippen LogP contribution in [0.15, 0.2) is 71.5 Å². The highest BCUT2D eigenvalue weighted by molar-refractivity contribution is 5.92. The lowest BCUT2D eigenvalue weighted by Gasteiger charge is -2.09. The van der Waals surface area contributed by atoms with Crippen LogP contribution in [-0.2, 0) is 0 Å². The average Bonchev–Trinajstić information content (AvgIpc) is 2.72. The van der Waals surface area contributed by atoms with Crippen molar-refractivity contribution in [1.82, 2.24) is 15.1 Å². The highest BCUT2D eigenvalue weighted by Crippen LogP contribution is 2.18. The minimum absolute atomic E-state index is 0.153. The minimum atomic E-state index is -0.381. The Kier molecular flexibility index (Phi) is 5.84. The van der Waals surface area contributed by atoms with Crippen LogP contribution < -0.4 is 20.3 Å². The molecule has 0 radical (unpaired) electrons. The van der Waals surface area contributed by atoms with Crippen LogP contribution in [0, 0.1) is 0 Å². The maximum atomic E-state index is 12.3. The molecule has 0 unspecified atom stereocenters. The summed E-state index contributed by atoms with van der Waals surface area (Å²) in [5, 5.41) is 6.86. The van der Waals surface area contributed by atoms with Gasteiger partial charge in [-0.05, 0) is 30.3 Å². The van der Waals surface area contributed by atoms with E-state index in [2.05, 4.69) is 10.4 Å². The van der Waals surface area contributed by atoms with E-state index < -0.39 is 0 Å². The van der Waals surface area contributed by atoms with Gasteiger partial charge in [0.05, 0.1) is 19.3 Å². The number of carbonyl (C=O) groups is 1. The first-order valence-electron chi connectivity index (χ1n) is 8.38. The summed E-state index contributed by atoms with van der Waals surface area (Å²) in [6, 6.07) is 18.9. The molecule has 7 heteroatoms. The lowest BCUT2D eigenvalue weighted by molar-refractivity contribution is 0.0940. The number of nitrogens with zero attached hydrogens (tertiary/aromatic N) is 2. The van der Waals surface area contributed by atoms with Crippen molar-refractivity contribution in [2.24, 2.45) is 0 Å². The van der Waals surface area contributed by atoms with E-state index in [1.807, 2.05) is 24.3 Å². The number of nitrogens with one attached hydrogen (secondary N) is 1. The second-order valence-corrected chi connectivity index (χ2v) is 5.59. The Bertz CT molecular complexity index is 970. The molecular formula is C20H19N3O4. The zero-order valence-corrected chi connectivity index (χ0v) is 14.8. The molecule has 1 aromatic heterocycles. The molecule has 0 saturated heterocycles. The van der Waals surface area contributed by atoms with Gasteiger partial charge in [-0.2, -0.15) is 9.78 Å². The van der Waals surface area contributed by atoms with Gasteiger partial charge in [0, 0.05) is 12.1 Å². The summed E-state index contributed by atoms with van der Waals surface area (Å²) in [6.07, 6.45) is 0. The molecule has 0 atom stereocenters. The highest BCUT2D eigenvalue weighted by atomic mass is 16.5. The summed E-state index contributed by atoms with van der Waals surface area (Å²) in [5.74, 6) is 0.970. The molecule has 7 nitrogen and oxygen atoms in total. The second kappa shape index (κ2) is 8.66. The molecule has 3 aromatic rings. The van der Waals surface area contributed by atoms with Gasteiger partial charge in [0.25, 0.3) is 11.5 Å². The molecular weight excluding hydrogens is 346 g/mol. The number of aromatic nitrogens is 2. The molecule has 1 N–H and O–H groups in total. The quantitative estimate of drug-likeness (QED) is 0.648. The number of hydrogen-bond acceptors (Lipinski definition) is 5. The third-order valence-corrected chi connectivity index (χ3v) is 3.73. The van der Waals surface area contributed by atoms with Gasteiger partial charge in [-0.3, -0.25) is 9.59 Å². The number of carbonyl (C=O) groups excluding carboxylic acids is 1. The van der Waals surface area contributed by atoms with Gasteiger partial charge in [-0.15, -0.1) is 0 Å². The monoisotopic (exact) mass is 365 g/mol. The molecule has 0 aliphatic rings. The van der Waals surface area contributed by atoms with Gasteiger partial charge in [0.15, 0.2) is 0 Å². The van der Waals surface area contributed by atoms with Crippen molar-refractivity contribution in [3.05, 3.63) is 82.8 Å². The summed E-state index contributed by atoms with van der Waals surface area (Å²) in [7, 11) is 1.58. The first-order chi connectivity index (χ1) is 13.2. The summed E-state index contributed by atoms with van der Waals surface area (Å²) < 4.78 is 11.9. The lowest BCUT2D eigenvalue weighted by atomic mass is 10.3. The summed E-state index contributed by atoms with van der Waals surface area (Å²) in [4.78, 5) is 24.3. The van der Waals surface area contributed by atoms with Crippen LogP contribution in [0.25, 0.3) is 5.69 Å². The summed E-state index contributed by atoms with van der Waals surface area (Å²) >= 11 is 0. The number of para-hydroxylation sites is 1. The Morgan fingerprint density at radius 1 is 1.04 bits per heavy atom. The van der Waals surface area contributed by atoms with Crippen LogP contribution >= 0.6 is 0 Å². The molecule has 0 spiro atoms. The number of benzene rings is 2. The Morgan fingerprint density at radius 3 is 2.59 bits per heavy atom. The number of hydrogen-bond donors (Lipinski definition) is 1. The molecule has 1 amide bonds. The van der Waals surface area contributed by atoms with Crippen molar-refractivity contribution < 1.29 is 14.3 Å². The van der Waals surface area contributed by atoms with Gasteiger partial charge in [0.2, 0.25) is 0 Å². The maximum Gasteiger partial charge on any atom is 0.271 e. The first-order valence-corrected chi connectivity index (χ1v) is 8.38. The van der Waals surface area contributed by atoms with Crippen LogP contribution in [0.5, 0.6) is 11.5 Å². The van der Waals surface area contributed by atoms with E-state index in [9.17, 15) is 9.59 Å². The molecule has 0 saturated carbocycles. The Morgan fingerprint density at radius 2 is 1.81 bits per heavy atom. The highest BCUT2D eigenvalue weighted by Gasteiger charge is 2.10. The SMILES string of the molecule is COc1cccc(OCCNC(=O)c2ccc(=O)n(-c3ccccc3)n2)c1. The topological polar surface area (TPSA) is 82.5 Å². The van der Waals surface area contributed by atoms with Gasteiger partial charge in [0.1, 0.15) is 23.8 Å². The van der Waals surface area contributed by atoms with Crippen LogP contribution in [0.4, 0.5) is 0 Å². The molecule has 0 aliphatic heterocycles. The lowest BCUT2D eigenvalue weighted by Crippen LogP contribution is -2.31. The molecule has 138 valence electrons. The van der Waals surface area contributed by atoms with E-state index in [4.69, 9.17) is 9.47 Å². The smallest absolute Gasteiger partial charge is 0.271 e. The molecule has 0 fully saturated rings. The third-order valence-electron chi connectivity index (χ3n) is 3.73. The molecule has 1 heterocycles. The van der Waals surface area contributed by atoms with Gasteiger partial charge in [-0.25, -0.2) is 0 Å². The van der Waals surface area contributed by atoms with E-state index in [1.54, 1.807) is 37.4 Å². The number of methoxy groups -OCH3 is 1. The largest absolute Gasteiger partial charge is 0.497 e. The Hall–Kier alpha value is -3.61. The van der Waals surface area contributed by atoms with Crippen molar-refractivity contribution in [2.45, 2.75) is 0 Å². The van der Waals surface area contributed by atoms with Crippen molar-refractivity contribution in [2.75, 3.05) is 20.3 Å². The van der Waals surface area contributed by atoms with E-state index in [-0.39, 0.29) is 23.8 Å². The standard InChI is InChI=1S/C20H19N3O4/c1-26-16-8-5-9-17(14-16)27-13-12-21-20(25)18-10-11-19(24)23(22-18)15-6-3-2-4-7-15/h2-11,14H,12-13H2,1H3,(H,21,25). The Balaban J connectivity index is 1.59. The zero-order valence-electron chi connectivity index (χ0n) is 14.8. The predicted molar refractivity (Wildman–Crippen MR) is 101 cm³/mol. The maximum absolute atomic E-state index is 12.3. The first kappa shape index (κ1) is 18.2. The number of rotatable bonds is 7. The fraction of sp³-hybridized carbons (Fsp3) is 0.150. The zero-order chi connectivity index (χ0) is 19.1. The van der Waals surface area contributed by atoms with Crippen LogP contribution in [0.2, 0.25) is 0 Å². The van der Waals surface area contributed by atoms with Crippen molar-refractivity contribution >= 4 is 5.91 Å². The third kappa shape index (κ3) is 4.72. The van der Waals surface area contributed by atoms with E-state index in [0.717, 1.165) is 0 Å². The van der Waals surface area contributed by atoms with Crippen molar-refractivity contribution in [3.63, 3.8) is 0 Å². The Labute approximate surface area is 156 Å². The van der Waals surface area contributed by atoms with E-state index in [0.29, 0.717) is 23.7 Å². The average molecular weight is 365 g/mol. The van der Waals surface area contributed by atoms with Gasteiger partial charge >= 0.3 is 0 Å². The fourth-order valence-corrected chi connectivity index (χ4v) is 2.40. The van der Waals surface area contributed by atoms with Gasteiger partial charge < -0.3 is 14.8 Å². The second-order valence-electron chi connectivity index (χ2n) is 5.59. The van der Waals surface area contributed by atoms with Crippen molar-refractivity contribution in [3.8, 4) is 17.2 Å². The minimum Gasteiger partial charge on any atom is -0.497 e. The van der Waals surface area contributed by atoms with Crippen LogP contribution in [0.3, 0.4) is 0 Å². The predicted octanol–water partition coefficient (Wildman–Crippen LogP) is 2.05. The number of amides is 1. The molecule has 3 rings (SSSR count). The van der Waals surface area contributed by atoms with E-state index in [1.165, 1.54) is 16.8 Å². The van der Waals surface area contributed by atoms with Crippen LogP contribution in [-0.4, -0.2) is 35.9 Å². The molecule has 2 aromatic carbocycles. The normalized spacial score (nSPS) is 10.3. The number of ether oxygens (including phenoxy) is 2. The molecule has 27 heavy (non-hydrogen) atoms. The fourth-order valence-electron chi connectivity index (χ4n) is 2.40.